The van der Waals surface area contributed by atoms with E-state index in [1.165, 1.54) is 14.2 Å². The second-order valence-electron chi connectivity index (χ2n) is 9.58. The van der Waals surface area contributed by atoms with E-state index >= 15 is 0 Å². The number of methoxy groups -OCH3 is 2. The lowest BCUT2D eigenvalue weighted by atomic mass is 9.98. The Morgan fingerprint density at radius 1 is 1.09 bits per heavy atom. The number of hydrogen-bond donors (Lipinski definition) is 1. The zero-order valence-corrected chi connectivity index (χ0v) is 21.1. The van der Waals surface area contributed by atoms with E-state index in [-0.39, 0.29) is 30.7 Å². The zero-order valence-electron chi connectivity index (χ0n) is 21.1. The number of hydrogen-bond acceptors (Lipinski definition) is 9. The summed E-state index contributed by atoms with van der Waals surface area (Å²) < 4.78 is 20.7. The van der Waals surface area contributed by atoms with Gasteiger partial charge in [-0.05, 0) is 63.8 Å². The molecular weight excluding hydrogens is 454 g/mol. The van der Waals surface area contributed by atoms with Gasteiger partial charge < -0.3 is 34.1 Å². The molecule has 2 aliphatic rings. The molecule has 2 aliphatic heterocycles. The van der Waals surface area contributed by atoms with Crippen molar-refractivity contribution in [3.05, 3.63) is 35.5 Å². The van der Waals surface area contributed by atoms with Gasteiger partial charge in [-0.1, -0.05) is 0 Å². The number of esters is 2. The number of likely N-dealkylation sites (tertiary alicyclic amines) is 1. The highest BCUT2D eigenvalue weighted by atomic mass is 16.6. The fourth-order valence-corrected chi connectivity index (χ4v) is 4.09. The molecule has 0 aromatic heterocycles. The van der Waals surface area contributed by atoms with Crippen LogP contribution in [0.3, 0.4) is 0 Å². The van der Waals surface area contributed by atoms with Crippen LogP contribution in [0.4, 0.5) is 16.2 Å². The van der Waals surface area contributed by atoms with Crippen molar-refractivity contribution in [2.24, 2.45) is 5.92 Å². The highest BCUT2D eigenvalue weighted by Gasteiger charge is 2.32. The van der Waals surface area contributed by atoms with Crippen LogP contribution in [0.5, 0.6) is 0 Å². The minimum atomic E-state index is -0.638. The third-order valence-electron chi connectivity index (χ3n) is 5.78. The van der Waals surface area contributed by atoms with Gasteiger partial charge in [-0.15, -0.1) is 0 Å². The number of amides is 1. The molecule has 35 heavy (non-hydrogen) atoms. The van der Waals surface area contributed by atoms with Crippen molar-refractivity contribution in [2.75, 3.05) is 57.4 Å². The third-order valence-corrected chi connectivity index (χ3v) is 5.78. The molecule has 0 bridgehead atoms. The first-order valence-corrected chi connectivity index (χ1v) is 11.7. The molecule has 0 spiro atoms. The van der Waals surface area contributed by atoms with Crippen LogP contribution in [-0.4, -0.2) is 75.7 Å². The lowest BCUT2D eigenvalue weighted by Gasteiger charge is -2.34. The van der Waals surface area contributed by atoms with Crippen LogP contribution in [0, 0.1) is 5.92 Å². The minimum Gasteiger partial charge on any atom is -0.466 e. The number of nitrogens with one attached hydrogen (secondary N) is 1. The Labute approximate surface area is 206 Å². The molecule has 10 nitrogen and oxygen atoms in total. The number of carbonyl (C=O) groups excluding carboxylic acids is 3. The second kappa shape index (κ2) is 11.4. The van der Waals surface area contributed by atoms with E-state index in [0.29, 0.717) is 31.2 Å². The van der Waals surface area contributed by atoms with Crippen molar-refractivity contribution in [1.29, 1.82) is 0 Å². The van der Waals surface area contributed by atoms with Crippen molar-refractivity contribution >= 4 is 29.4 Å². The average molecular weight is 490 g/mol. The van der Waals surface area contributed by atoms with Crippen LogP contribution < -0.4 is 10.2 Å². The molecule has 0 saturated carbocycles. The Hall–Kier alpha value is -3.27. The SMILES string of the molecule is COC(=O)C1=C(C(=O)OC)N(c2ccc(NCC3CCCN(C(=O)OC(C)(C)C)C3)cc2)COC1. The summed E-state index contributed by atoms with van der Waals surface area (Å²) in [6.07, 6.45) is 1.69. The summed E-state index contributed by atoms with van der Waals surface area (Å²) >= 11 is 0. The molecular formula is C25H35N3O7. The van der Waals surface area contributed by atoms with Gasteiger partial charge in [-0.2, -0.15) is 0 Å². The van der Waals surface area contributed by atoms with Crippen LogP contribution in [-0.2, 0) is 28.5 Å². The molecule has 1 atom stereocenters. The van der Waals surface area contributed by atoms with Gasteiger partial charge >= 0.3 is 18.0 Å². The Bertz CT molecular complexity index is 953. The van der Waals surface area contributed by atoms with Crippen molar-refractivity contribution < 1.29 is 33.3 Å². The Kier molecular flexibility index (Phi) is 8.61. The highest BCUT2D eigenvalue weighted by Crippen LogP contribution is 2.28. The smallest absolute Gasteiger partial charge is 0.410 e. The van der Waals surface area contributed by atoms with E-state index in [1.54, 1.807) is 9.80 Å². The maximum absolute atomic E-state index is 12.4. The number of benzene rings is 1. The number of carbonyl (C=O) groups is 3. The normalized spacial score (nSPS) is 18.7. The quantitative estimate of drug-likeness (QED) is 0.476. The van der Waals surface area contributed by atoms with Crippen molar-refractivity contribution in [3.63, 3.8) is 0 Å². The zero-order chi connectivity index (χ0) is 25.6. The minimum absolute atomic E-state index is 0.0328. The van der Waals surface area contributed by atoms with Crippen LogP contribution in [0.2, 0.25) is 0 Å². The van der Waals surface area contributed by atoms with Crippen LogP contribution in [0.1, 0.15) is 33.6 Å². The number of rotatable bonds is 6. The summed E-state index contributed by atoms with van der Waals surface area (Å²) in [7, 11) is 2.52. The molecule has 1 aromatic rings. The Morgan fingerprint density at radius 3 is 2.40 bits per heavy atom. The lowest BCUT2D eigenvalue weighted by Crippen LogP contribution is -2.44. The summed E-state index contributed by atoms with van der Waals surface area (Å²) in [6, 6.07) is 7.46. The fraction of sp³-hybridized carbons (Fsp3) is 0.560. The molecule has 3 rings (SSSR count). The summed E-state index contributed by atoms with van der Waals surface area (Å²) in [4.78, 5) is 40.4. The van der Waals surface area contributed by atoms with E-state index in [4.69, 9.17) is 18.9 Å². The van der Waals surface area contributed by atoms with Gasteiger partial charge in [0.05, 0.1) is 26.4 Å². The summed E-state index contributed by atoms with van der Waals surface area (Å²) in [6.45, 7) is 7.74. The summed E-state index contributed by atoms with van der Waals surface area (Å²) in [5.41, 5.74) is 1.28. The standard InChI is InChI=1S/C25H35N3O7/c1-25(2,3)35-24(31)27-12-6-7-17(14-27)13-26-18-8-10-19(11-9-18)28-16-34-15-20(22(29)32-4)21(28)23(30)33-5/h8-11,17,26H,6-7,12-16H2,1-5H3. The van der Waals surface area contributed by atoms with Crippen LogP contribution >= 0.6 is 0 Å². The molecule has 1 aromatic carbocycles. The monoisotopic (exact) mass is 489 g/mol. The van der Waals surface area contributed by atoms with Crippen molar-refractivity contribution in [2.45, 2.75) is 39.2 Å². The van der Waals surface area contributed by atoms with Crippen LogP contribution in [0.25, 0.3) is 0 Å². The largest absolute Gasteiger partial charge is 0.466 e. The Balaban J connectivity index is 1.64. The molecule has 1 amide bonds. The number of piperidine rings is 1. The van der Waals surface area contributed by atoms with Gasteiger partial charge in [-0.3, -0.25) is 0 Å². The predicted molar refractivity (Wildman–Crippen MR) is 130 cm³/mol. The first kappa shape index (κ1) is 26.3. The molecule has 192 valence electrons. The first-order chi connectivity index (χ1) is 16.6. The molecule has 1 N–H and O–H groups in total. The van der Waals surface area contributed by atoms with E-state index in [9.17, 15) is 14.4 Å². The van der Waals surface area contributed by atoms with E-state index in [2.05, 4.69) is 5.32 Å². The molecule has 2 heterocycles. The topological polar surface area (TPSA) is 107 Å². The molecule has 0 aliphatic carbocycles. The maximum Gasteiger partial charge on any atom is 0.410 e. The summed E-state index contributed by atoms with van der Waals surface area (Å²) in [5.74, 6) is -0.966. The van der Waals surface area contributed by atoms with E-state index in [0.717, 1.165) is 18.5 Å². The molecule has 1 fully saturated rings. The molecule has 1 unspecified atom stereocenters. The van der Waals surface area contributed by atoms with E-state index in [1.807, 2.05) is 45.0 Å². The third kappa shape index (κ3) is 6.88. The van der Waals surface area contributed by atoms with E-state index < -0.39 is 17.5 Å². The van der Waals surface area contributed by atoms with Gasteiger partial charge in [0.25, 0.3) is 0 Å². The first-order valence-electron chi connectivity index (χ1n) is 11.7. The van der Waals surface area contributed by atoms with Gasteiger partial charge in [0.15, 0.2) is 0 Å². The number of nitrogens with zero attached hydrogens (tertiary/aromatic N) is 2. The second-order valence-corrected chi connectivity index (χ2v) is 9.58. The fourth-order valence-electron chi connectivity index (χ4n) is 4.09. The molecule has 10 heteroatoms. The van der Waals surface area contributed by atoms with Crippen molar-refractivity contribution in [1.82, 2.24) is 4.90 Å². The molecule has 1 saturated heterocycles. The van der Waals surface area contributed by atoms with Gasteiger partial charge in [0.1, 0.15) is 18.0 Å². The molecule has 0 radical (unpaired) electrons. The van der Waals surface area contributed by atoms with Gasteiger partial charge in [0.2, 0.25) is 0 Å². The predicted octanol–water partition coefficient (Wildman–Crippen LogP) is 3.14. The highest BCUT2D eigenvalue weighted by molar-refractivity contribution is 6.03. The van der Waals surface area contributed by atoms with Gasteiger partial charge in [0, 0.05) is 31.0 Å². The average Bonchev–Trinajstić information content (AvgIpc) is 2.85. The van der Waals surface area contributed by atoms with Crippen molar-refractivity contribution in [3.8, 4) is 0 Å². The number of ether oxygens (including phenoxy) is 4. The Morgan fingerprint density at radius 2 is 1.77 bits per heavy atom. The number of anilines is 2. The van der Waals surface area contributed by atoms with Gasteiger partial charge in [-0.25, -0.2) is 14.4 Å². The lowest BCUT2D eigenvalue weighted by molar-refractivity contribution is -0.140. The maximum atomic E-state index is 12.4. The summed E-state index contributed by atoms with van der Waals surface area (Å²) in [5, 5.41) is 3.43. The van der Waals surface area contributed by atoms with Crippen LogP contribution in [0.15, 0.2) is 35.5 Å².